The highest BCUT2D eigenvalue weighted by atomic mass is 33.1. The van der Waals surface area contributed by atoms with Gasteiger partial charge in [0.1, 0.15) is 25.1 Å². The van der Waals surface area contributed by atoms with Gasteiger partial charge in [0.05, 0.1) is 17.1 Å². The van der Waals surface area contributed by atoms with Gasteiger partial charge >= 0.3 is 5.97 Å². The normalized spacial score (nSPS) is 20.7. The Morgan fingerprint density at radius 3 is 2.49 bits per heavy atom. The van der Waals surface area contributed by atoms with Crippen molar-refractivity contribution in [2.24, 2.45) is 0 Å². The number of nitrogens with one attached hydrogen (secondary N) is 1. The second-order valence-electron chi connectivity index (χ2n) is 8.77. The predicted octanol–water partition coefficient (Wildman–Crippen LogP) is 4.35. The van der Waals surface area contributed by atoms with E-state index in [-0.39, 0.29) is 18.3 Å². The van der Waals surface area contributed by atoms with Gasteiger partial charge in [-0.1, -0.05) is 64.9 Å². The Labute approximate surface area is 232 Å². The van der Waals surface area contributed by atoms with Gasteiger partial charge in [-0.05, 0) is 30.7 Å². The van der Waals surface area contributed by atoms with Crippen molar-refractivity contribution in [2.75, 3.05) is 17.7 Å². The maximum absolute atomic E-state index is 12.7. The molecular weight excluding hydrogens is 538 g/mol. The van der Waals surface area contributed by atoms with E-state index in [0.29, 0.717) is 22.3 Å². The van der Waals surface area contributed by atoms with E-state index < -0.39 is 29.7 Å². The molecule has 0 saturated carbocycles. The summed E-state index contributed by atoms with van der Waals surface area (Å²) in [6, 6.07) is 17.5. The van der Waals surface area contributed by atoms with Crippen molar-refractivity contribution in [3.63, 3.8) is 0 Å². The third-order valence-electron chi connectivity index (χ3n) is 6.07. The molecule has 12 heteroatoms. The molecule has 4 atom stereocenters. The molecule has 1 unspecified atom stereocenters. The van der Waals surface area contributed by atoms with E-state index in [4.69, 9.17) is 9.47 Å². The number of imidazole rings is 1. The van der Waals surface area contributed by atoms with Crippen molar-refractivity contribution in [1.82, 2.24) is 19.5 Å². The van der Waals surface area contributed by atoms with Crippen LogP contribution in [0.25, 0.3) is 11.2 Å². The fourth-order valence-corrected chi connectivity index (χ4v) is 6.99. The number of fused-ring (bicyclic) bond motifs is 1. The lowest BCUT2D eigenvalue weighted by Crippen LogP contribution is -2.32. The Kier molecular flexibility index (Phi) is 8.77. The van der Waals surface area contributed by atoms with E-state index in [0.717, 1.165) is 12.2 Å². The first-order valence-electron chi connectivity index (χ1n) is 12.4. The second kappa shape index (κ2) is 12.6. The van der Waals surface area contributed by atoms with Crippen LogP contribution in [-0.2, 0) is 9.47 Å². The topological polar surface area (TPSA) is 128 Å². The lowest BCUT2D eigenvalue weighted by atomic mass is 10.2. The molecule has 2 aromatic heterocycles. The van der Waals surface area contributed by atoms with Crippen LogP contribution in [0.15, 0.2) is 73.3 Å². The molecule has 0 radical (unpaired) electrons. The molecular formula is C27H27N5O5S2. The fourth-order valence-electron chi connectivity index (χ4n) is 4.11. The number of esters is 1. The summed E-state index contributed by atoms with van der Waals surface area (Å²) in [4.78, 5) is 38.3. The van der Waals surface area contributed by atoms with Crippen LogP contribution in [0, 0.1) is 0 Å². The molecule has 39 heavy (non-hydrogen) atoms. The standard InChI is InChI=1S/C27H27N5O5S2/c1-2-13-38-39-22-21(33)19(14-36-27(35)18-11-7-4-8-12-18)37-26(22)32-16-30-20-23(28-15-29-24(20)32)31-25(34)17-9-5-3-6-10-17/h3-12,15-16,19,21-22,26,33H,2,13-14H2,1H3,(H,28,29,31,34)/t19-,21+,22?,26-/m1/s1. The molecule has 1 fully saturated rings. The van der Waals surface area contributed by atoms with Gasteiger partial charge in [0.25, 0.3) is 5.91 Å². The Morgan fingerprint density at radius 1 is 1.05 bits per heavy atom. The minimum atomic E-state index is -0.913. The van der Waals surface area contributed by atoms with Crippen molar-refractivity contribution in [3.8, 4) is 0 Å². The molecule has 1 aliphatic heterocycles. The summed E-state index contributed by atoms with van der Waals surface area (Å²) in [6.07, 6.45) is 1.58. The smallest absolute Gasteiger partial charge is 0.338 e. The van der Waals surface area contributed by atoms with Crippen molar-refractivity contribution < 1.29 is 24.2 Å². The number of hydrogen-bond donors (Lipinski definition) is 2. The molecule has 3 heterocycles. The number of benzene rings is 2. The maximum Gasteiger partial charge on any atom is 0.338 e. The third-order valence-corrected chi connectivity index (χ3v) is 9.09. The lowest BCUT2D eigenvalue weighted by molar-refractivity contribution is -0.0508. The van der Waals surface area contributed by atoms with Gasteiger partial charge in [0.15, 0.2) is 23.2 Å². The zero-order valence-electron chi connectivity index (χ0n) is 21.0. The highest BCUT2D eigenvalue weighted by Gasteiger charge is 2.46. The first-order valence-corrected chi connectivity index (χ1v) is 14.8. The first-order chi connectivity index (χ1) is 19.1. The summed E-state index contributed by atoms with van der Waals surface area (Å²) >= 11 is 0. The van der Waals surface area contributed by atoms with Crippen LogP contribution in [0.3, 0.4) is 0 Å². The number of aliphatic hydroxyl groups excluding tert-OH is 1. The summed E-state index contributed by atoms with van der Waals surface area (Å²) in [5, 5.41) is 13.6. The van der Waals surface area contributed by atoms with Crippen molar-refractivity contribution in [1.29, 1.82) is 0 Å². The number of hydrogen-bond acceptors (Lipinski definition) is 10. The molecule has 1 amide bonds. The molecule has 0 spiro atoms. The number of aromatic nitrogens is 4. The zero-order valence-corrected chi connectivity index (χ0v) is 22.7. The number of amides is 1. The van der Waals surface area contributed by atoms with Gasteiger partial charge in [0, 0.05) is 11.3 Å². The fraction of sp³-hybridized carbons (Fsp3) is 0.296. The highest BCUT2D eigenvalue weighted by molar-refractivity contribution is 8.77. The van der Waals surface area contributed by atoms with Gasteiger partial charge < -0.3 is 19.9 Å². The van der Waals surface area contributed by atoms with Gasteiger partial charge in [-0.2, -0.15) is 0 Å². The number of nitrogens with zero attached hydrogens (tertiary/aromatic N) is 4. The summed E-state index contributed by atoms with van der Waals surface area (Å²) in [6.45, 7) is 1.98. The molecule has 5 rings (SSSR count). The first kappa shape index (κ1) is 27.1. The largest absolute Gasteiger partial charge is 0.459 e. The Hall–Kier alpha value is -3.45. The Balaban J connectivity index is 1.37. The summed E-state index contributed by atoms with van der Waals surface area (Å²) < 4.78 is 13.5. The summed E-state index contributed by atoms with van der Waals surface area (Å²) in [5.41, 5.74) is 1.75. The van der Waals surface area contributed by atoms with Crippen LogP contribution in [0.4, 0.5) is 5.82 Å². The van der Waals surface area contributed by atoms with E-state index >= 15 is 0 Å². The van der Waals surface area contributed by atoms with E-state index in [1.807, 2.05) is 12.1 Å². The van der Waals surface area contributed by atoms with Crippen molar-refractivity contribution in [3.05, 3.63) is 84.4 Å². The van der Waals surface area contributed by atoms with Crippen LogP contribution in [-0.4, -0.2) is 66.3 Å². The summed E-state index contributed by atoms with van der Waals surface area (Å²) in [7, 11) is 3.16. The summed E-state index contributed by atoms with van der Waals surface area (Å²) in [5.74, 6) is 0.363. The highest BCUT2D eigenvalue weighted by Crippen LogP contribution is 2.44. The van der Waals surface area contributed by atoms with E-state index in [9.17, 15) is 14.7 Å². The molecule has 2 aromatic carbocycles. The van der Waals surface area contributed by atoms with Crippen LogP contribution < -0.4 is 5.32 Å². The molecule has 4 aromatic rings. The van der Waals surface area contributed by atoms with Crippen LogP contribution in [0.1, 0.15) is 40.3 Å². The predicted molar refractivity (Wildman–Crippen MR) is 150 cm³/mol. The number of ether oxygens (including phenoxy) is 2. The Morgan fingerprint density at radius 2 is 1.77 bits per heavy atom. The second-order valence-corrected chi connectivity index (χ2v) is 11.4. The quantitative estimate of drug-likeness (QED) is 0.163. The van der Waals surface area contributed by atoms with E-state index in [1.54, 1.807) is 70.2 Å². The van der Waals surface area contributed by atoms with Crippen LogP contribution >= 0.6 is 21.6 Å². The van der Waals surface area contributed by atoms with Gasteiger partial charge in [-0.25, -0.2) is 19.7 Å². The Bertz CT molecular complexity index is 1420. The van der Waals surface area contributed by atoms with E-state index in [2.05, 4.69) is 27.2 Å². The maximum atomic E-state index is 12.7. The number of anilines is 1. The average molecular weight is 566 g/mol. The number of carbonyl (C=O) groups excluding carboxylic acids is 2. The minimum absolute atomic E-state index is 0.110. The SMILES string of the molecule is CCCSSC1[C@@H](O)[C@@H](COC(=O)c2ccccc2)O[C@H]1n1cnc2c(NC(=O)c3ccccc3)ncnc21. The monoisotopic (exact) mass is 565 g/mol. The molecule has 202 valence electrons. The van der Waals surface area contributed by atoms with Crippen molar-refractivity contribution in [2.45, 2.75) is 37.0 Å². The minimum Gasteiger partial charge on any atom is -0.459 e. The van der Waals surface area contributed by atoms with Crippen LogP contribution in [0.2, 0.25) is 0 Å². The number of carbonyl (C=O) groups is 2. The average Bonchev–Trinajstić information content (AvgIpc) is 3.54. The molecule has 1 aliphatic rings. The lowest BCUT2D eigenvalue weighted by Gasteiger charge is -2.20. The van der Waals surface area contributed by atoms with Gasteiger partial charge in [-0.15, -0.1) is 0 Å². The molecule has 0 aliphatic carbocycles. The molecule has 0 bridgehead atoms. The third kappa shape index (κ3) is 6.09. The van der Waals surface area contributed by atoms with E-state index in [1.165, 1.54) is 17.1 Å². The van der Waals surface area contributed by atoms with Gasteiger partial charge in [-0.3, -0.25) is 9.36 Å². The number of rotatable bonds is 10. The number of aliphatic hydroxyl groups is 1. The molecule has 1 saturated heterocycles. The molecule has 2 N–H and O–H groups in total. The van der Waals surface area contributed by atoms with Crippen LogP contribution in [0.5, 0.6) is 0 Å². The molecule has 10 nitrogen and oxygen atoms in total. The van der Waals surface area contributed by atoms with Crippen molar-refractivity contribution >= 4 is 50.4 Å². The van der Waals surface area contributed by atoms with Gasteiger partial charge in [0.2, 0.25) is 0 Å². The zero-order chi connectivity index (χ0) is 27.2.